The van der Waals surface area contributed by atoms with E-state index in [-0.39, 0.29) is 0 Å². The molecule has 100 valence electrons. The summed E-state index contributed by atoms with van der Waals surface area (Å²) in [5, 5.41) is 3.33. The molecule has 1 atom stereocenters. The minimum atomic E-state index is 0.374. The van der Waals surface area contributed by atoms with Gasteiger partial charge in [0, 0.05) is 12.0 Å². The zero-order valence-corrected chi connectivity index (χ0v) is 11.4. The lowest BCUT2D eigenvalue weighted by atomic mass is 9.51. The van der Waals surface area contributed by atoms with Crippen molar-refractivity contribution in [1.29, 1.82) is 0 Å². The highest BCUT2D eigenvalue weighted by Crippen LogP contribution is 2.56. The molecule has 0 aromatic carbocycles. The fourth-order valence-electron chi connectivity index (χ4n) is 5.39. The number of hydrogen-bond donors (Lipinski definition) is 1. The quantitative estimate of drug-likeness (QED) is 0.816. The maximum atomic E-state index is 12.6. The van der Waals surface area contributed by atoms with Crippen LogP contribution in [-0.2, 0) is 4.79 Å². The molecule has 2 nitrogen and oxygen atoms in total. The Balaban J connectivity index is 1.45. The van der Waals surface area contributed by atoms with Crippen LogP contribution in [0.4, 0.5) is 0 Å². The third-order valence-electron chi connectivity index (χ3n) is 6.23. The van der Waals surface area contributed by atoms with E-state index in [1.807, 2.05) is 0 Å². The fraction of sp³-hybridized carbons (Fsp3) is 0.938. The Hall–Kier alpha value is -0.530. The van der Waals surface area contributed by atoms with Gasteiger partial charge >= 0.3 is 0 Å². The van der Waals surface area contributed by atoms with Crippen LogP contribution in [0.3, 0.4) is 0 Å². The van der Waals surface area contributed by atoms with Gasteiger partial charge in [-0.3, -0.25) is 4.79 Å². The second-order valence-corrected chi connectivity index (χ2v) is 7.59. The molecule has 0 aliphatic heterocycles. The second-order valence-electron chi connectivity index (χ2n) is 7.59. The molecule has 0 radical (unpaired) electrons. The van der Waals surface area contributed by atoms with Crippen molar-refractivity contribution in [3.05, 3.63) is 0 Å². The van der Waals surface area contributed by atoms with Crippen molar-refractivity contribution in [2.24, 2.45) is 35.5 Å². The predicted molar refractivity (Wildman–Crippen MR) is 70.9 cm³/mol. The predicted octanol–water partition coefficient (Wildman–Crippen LogP) is 2.97. The SMILES string of the molecule is CC(NC(=O)C1C2CC3CC(C2)CC1C3)C1CC1. The number of nitrogens with one attached hydrogen (secondary N) is 1. The molecule has 0 aromatic heterocycles. The van der Waals surface area contributed by atoms with E-state index in [4.69, 9.17) is 0 Å². The van der Waals surface area contributed by atoms with Crippen LogP contribution in [0.1, 0.15) is 51.9 Å². The lowest BCUT2D eigenvalue weighted by Gasteiger charge is -2.53. The van der Waals surface area contributed by atoms with Gasteiger partial charge in [-0.15, -0.1) is 0 Å². The van der Waals surface area contributed by atoms with E-state index in [0.717, 1.165) is 29.6 Å². The second kappa shape index (κ2) is 3.98. The van der Waals surface area contributed by atoms with Crippen molar-refractivity contribution in [2.75, 3.05) is 0 Å². The molecule has 2 heteroatoms. The summed E-state index contributed by atoms with van der Waals surface area (Å²) < 4.78 is 0. The van der Waals surface area contributed by atoms with Gasteiger partial charge in [0.05, 0.1) is 0 Å². The summed E-state index contributed by atoms with van der Waals surface area (Å²) in [6.45, 7) is 2.20. The van der Waals surface area contributed by atoms with Gasteiger partial charge in [0.15, 0.2) is 0 Å². The largest absolute Gasteiger partial charge is 0.353 e. The molecule has 5 rings (SSSR count). The first-order valence-corrected chi connectivity index (χ1v) is 8.01. The monoisotopic (exact) mass is 247 g/mol. The maximum Gasteiger partial charge on any atom is 0.223 e. The molecule has 5 saturated carbocycles. The van der Waals surface area contributed by atoms with Gasteiger partial charge in [-0.1, -0.05) is 0 Å². The first kappa shape index (κ1) is 11.3. The molecule has 1 amide bonds. The summed E-state index contributed by atoms with van der Waals surface area (Å²) in [7, 11) is 0. The Bertz CT molecular complexity index is 332. The molecule has 1 N–H and O–H groups in total. The molecule has 5 aliphatic rings. The summed E-state index contributed by atoms with van der Waals surface area (Å²) in [5.74, 6) is 4.96. The lowest BCUT2D eigenvalue weighted by Crippen LogP contribution is -2.52. The van der Waals surface area contributed by atoms with Crippen molar-refractivity contribution in [3.63, 3.8) is 0 Å². The molecule has 0 spiro atoms. The van der Waals surface area contributed by atoms with Crippen LogP contribution >= 0.6 is 0 Å². The van der Waals surface area contributed by atoms with E-state index >= 15 is 0 Å². The highest BCUT2D eigenvalue weighted by molar-refractivity contribution is 5.80. The molecule has 0 heterocycles. The molecule has 5 aliphatic carbocycles. The Morgan fingerprint density at radius 2 is 1.56 bits per heavy atom. The number of carbonyl (C=O) groups is 1. The van der Waals surface area contributed by atoms with Crippen LogP contribution in [0, 0.1) is 35.5 Å². The Morgan fingerprint density at radius 3 is 2.06 bits per heavy atom. The van der Waals surface area contributed by atoms with E-state index in [9.17, 15) is 4.79 Å². The zero-order chi connectivity index (χ0) is 12.3. The minimum absolute atomic E-state index is 0.374. The first-order chi connectivity index (χ1) is 8.70. The van der Waals surface area contributed by atoms with Crippen molar-refractivity contribution in [3.8, 4) is 0 Å². The molecular formula is C16H25NO. The number of rotatable bonds is 3. The van der Waals surface area contributed by atoms with Gasteiger partial charge in [-0.05, 0) is 81.5 Å². The number of hydrogen-bond acceptors (Lipinski definition) is 1. The molecule has 1 unspecified atom stereocenters. The van der Waals surface area contributed by atoms with Gasteiger partial charge in [0.1, 0.15) is 0 Å². The molecule has 0 aromatic rings. The summed E-state index contributed by atoms with van der Waals surface area (Å²) >= 11 is 0. The van der Waals surface area contributed by atoms with Crippen LogP contribution in [-0.4, -0.2) is 11.9 Å². The third-order valence-corrected chi connectivity index (χ3v) is 6.23. The van der Waals surface area contributed by atoms with Gasteiger partial charge in [-0.25, -0.2) is 0 Å². The minimum Gasteiger partial charge on any atom is -0.353 e. The fourth-order valence-corrected chi connectivity index (χ4v) is 5.39. The number of amides is 1. The Kier molecular flexibility index (Phi) is 2.50. The maximum absolute atomic E-state index is 12.6. The van der Waals surface area contributed by atoms with Crippen LogP contribution in [0.2, 0.25) is 0 Å². The summed E-state index contributed by atoms with van der Waals surface area (Å²) in [5.41, 5.74) is 0. The molecule has 18 heavy (non-hydrogen) atoms. The van der Waals surface area contributed by atoms with Gasteiger partial charge in [-0.2, -0.15) is 0 Å². The average Bonchev–Trinajstić information content (AvgIpc) is 3.10. The van der Waals surface area contributed by atoms with E-state index in [2.05, 4.69) is 12.2 Å². The summed E-state index contributed by atoms with van der Waals surface area (Å²) in [6.07, 6.45) is 9.52. The van der Waals surface area contributed by atoms with Crippen molar-refractivity contribution in [1.82, 2.24) is 5.32 Å². The highest BCUT2D eigenvalue weighted by Gasteiger charge is 2.51. The summed E-state index contributed by atoms with van der Waals surface area (Å²) in [6, 6.07) is 0.426. The van der Waals surface area contributed by atoms with Crippen LogP contribution in [0.15, 0.2) is 0 Å². The molecule has 5 fully saturated rings. The smallest absolute Gasteiger partial charge is 0.223 e. The third kappa shape index (κ3) is 1.80. The van der Waals surface area contributed by atoms with Gasteiger partial charge in [0.2, 0.25) is 5.91 Å². The van der Waals surface area contributed by atoms with E-state index in [0.29, 0.717) is 17.9 Å². The zero-order valence-electron chi connectivity index (χ0n) is 11.4. The van der Waals surface area contributed by atoms with Crippen LogP contribution in [0.25, 0.3) is 0 Å². The number of carbonyl (C=O) groups excluding carboxylic acids is 1. The van der Waals surface area contributed by atoms with Crippen molar-refractivity contribution < 1.29 is 4.79 Å². The topological polar surface area (TPSA) is 29.1 Å². The Labute approximate surface area is 110 Å². The van der Waals surface area contributed by atoms with E-state index in [1.54, 1.807) is 0 Å². The molecular weight excluding hydrogens is 222 g/mol. The Morgan fingerprint density at radius 1 is 1.00 bits per heavy atom. The lowest BCUT2D eigenvalue weighted by molar-refractivity contribution is -0.138. The molecule has 0 saturated heterocycles. The summed E-state index contributed by atoms with van der Waals surface area (Å²) in [4.78, 5) is 12.6. The van der Waals surface area contributed by atoms with Crippen molar-refractivity contribution >= 4 is 5.91 Å². The standard InChI is InChI=1S/C16H25NO/c1-9(12-2-3-12)17-16(18)15-13-5-10-4-11(7-13)8-14(15)6-10/h9-15H,2-8H2,1H3,(H,17,18). The van der Waals surface area contributed by atoms with Crippen LogP contribution < -0.4 is 5.32 Å². The average molecular weight is 247 g/mol. The van der Waals surface area contributed by atoms with Gasteiger partial charge in [0.25, 0.3) is 0 Å². The normalized spacial score (nSPS) is 47.1. The molecule has 4 bridgehead atoms. The highest BCUT2D eigenvalue weighted by atomic mass is 16.2. The van der Waals surface area contributed by atoms with E-state index in [1.165, 1.54) is 44.9 Å². The van der Waals surface area contributed by atoms with Gasteiger partial charge < -0.3 is 5.32 Å². The van der Waals surface area contributed by atoms with Crippen molar-refractivity contribution in [2.45, 2.75) is 57.9 Å². The first-order valence-electron chi connectivity index (χ1n) is 8.01. The van der Waals surface area contributed by atoms with Crippen LogP contribution in [0.5, 0.6) is 0 Å². The van der Waals surface area contributed by atoms with E-state index < -0.39 is 0 Å².